The summed E-state index contributed by atoms with van der Waals surface area (Å²) >= 11 is 0. The van der Waals surface area contributed by atoms with Crippen molar-refractivity contribution in [2.24, 2.45) is 0 Å². The first-order chi connectivity index (χ1) is 10.1. The molecule has 2 aromatic rings. The molecule has 7 nitrogen and oxygen atoms in total. The smallest absolute Gasteiger partial charge is 0.270 e. The number of nitrogens with zero attached hydrogens (tertiary/aromatic N) is 4. The van der Waals surface area contributed by atoms with E-state index in [0.717, 1.165) is 18.7 Å². The minimum atomic E-state index is -0.432. The molecular weight excluding hydrogens is 270 g/mol. The van der Waals surface area contributed by atoms with Crippen LogP contribution in [0, 0.1) is 10.1 Å². The molecule has 2 rings (SSSR count). The van der Waals surface area contributed by atoms with Gasteiger partial charge in [0.1, 0.15) is 6.33 Å². The number of rotatable bonds is 7. The molecule has 0 aliphatic carbocycles. The molecule has 0 spiro atoms. The molecule has 1 heterocycles. The monoisotopic (exact) mass is 287 g/mol. The Morgan fingerprint density at radius 2 is 2.33 bits per heavy atom. The Hall–Kier alpha value is -2.54. The Balaban J connectivity index is 2.11. The van der Waals surface area contributed by atoms with E-state index in [-0.39, 0.29) is 5.69 Å². The fourth-order valence-corrected chi connectivity index (χ4v) is 1.85. The Labute approximate surface area is 122 Å². The molecule has 0 saturated heterocycles. The maximum atomic E-state index is 10.8. The maximum absolute atomic E-state index is 10.8. The summed E-state index contributed by atoms with van der Waals surface area (Å²) in [5.74, 6) is 0.468. The molecule has 0 radical (unpaired) electrons. The summed E-state index contributed by atoms with van der Waals surface area (Å²) in [6.45, 7) is 8.17. The Morgan fingerprint density at radius 1 is 1.52 bits per heavy atom. The van der Waals surface area contributed by atoms with Gasteiger partial charge in [0.2, 0.25) is 0 Å². The highest BCUT2D eigenvalue weighted by Crippen LogP contribution is 2.20. The third-order valence-electron chi connectivity index (χ3n) is 2.86. The lowest BCUT2D eigenvalue weighted by atomic mass is 10.2. The van der Waals surface area contributed by atoms with Gasteiger partial charge in [-0.2, -0.15) is 5.10 Å². The van der Waals surface area contributed by atoms with E-state index in [0.29, 0.717) is 17.9 Å². The van der Waals surface area contributed by atoms with E-state index >= 15 is 0 Å². The summed E-state index contributed by atoms with van der Waals surface area (Å²) in [6, 6.07) is 6.28. The van der Waals surface area contributed by atoms with Gasteiger partial charge in [0.15, 0.2) is 5.82 Å². The van der Waals surface area contributed by atoms with Gasteiger partial charge in [-0.1, -0.05) is 25.6 Å². The van der Waals surface area contributed by atoms with Crippen LogP contribution in [0.2, 0.25) is 0 Å². The first-order valence-electron chi connectivity index (χ1n) is 6.61. The summed E-state index contributed by atoms with van der Waals surface area (Å²) in [6.07, 6.45) is 1.60. The maximum Gasteiger partial charge on any atom is 0.270 e. The van der Waals surface area contributed by atoms with Crippen LogP contribution in [-0.4, -0.2) is 32.8 Å². The molecule has 7 heteroatoms. The lowest BCUT2D eigenvalue weighted by Crippen LogP contribution is -2.18. The van der Waals surface area contributed by atoms with Gasteiger partial charge in [-0.3, -0.25) is 10.1 Å². The molecule has 0 atom stereocenters. The second kappa shape index (κ2) is 6.76. The molecule has 21 heavy (non-hydrogen) atoms. The van der Waals surface area contributed by atoms with Crippen LogP contribution in [0.4, 0.5) is 5.69 Å². The third-order valence-corrected chi connectivity index (χ3v) is 2.86. The minimum Gasteiger partial charge on any atom is -0.313 e. The molecule has 1 N–H and O–H groups in total. The zero-order valence-corrected chi connectivity index (χ0v) is 11.8. The van der Waals surface area contributed by atoms with Crippen LogP contribution in [0.5, 0.6) is 0 Å². The van der Waals surface area contributed by atoms with E-state index < -0.39 is 4.92 Å². The van der Waals surface area contributed by atoms with Gasteiger partial charge in [-0.05, 0) is 12.1 Å². The number of nitrogens with one attached hydrogen (secondary N) is 1. The summed E-state index contributed by atoms with van der Waals surface area (Å²) in [5, 5.41) is 18.3. The second-order valence-corrected chi connectivity index (χ2v) is 4.60. The van der Waals surface area contributed by atoms with Crippen molar-refractivity contribution in [2.45, 2.75) is 13.5 Å². The molecule has 1 aromatic carbocycles. The molecule has 0 aliphatic heterocycles. The third kappa shape index (κ3) is 3.96. The molecule has 0 saturated carbocycles. The fraction of sp³-hybridized carbons (Fsp3) is 0.286. The SMILES string of the molecule is C=C(CNCC)Cn1cnc(-c2cccc([N+](=O)[O-])c2)n1. The van der Waals surface area contributed by atoms with Crippen LogP contribution >= 0.6 is 0 Å². The number of hydrogen-bond acceptors (Lipinski definition) is 5. The van der Waals surface area contributed by atoms with E-state index in [2.05, 4.69) is 22.0 Å². The number of non-ortho nitro benzene ring substituents is 1. The topological polar surface area (TPSA) is 85.9 Å². The van der Waals surface area contributed by atoms with Crippen LogP contribution in [0.3, 0.4) is 0 Å². The largest absolute Gasteiger partial charge is 0.313 e. The summed E-state index contributed by atoms with van der Waals surface area (Å²) in [5.41, 5.74) is 1.65. The highest BCUT2D eigenvalue weighted by molar-refractivity contribution is 5.58. The molecule has 0 fully saturated rings. The number of benzene rings is 1. The van der Waals surface area contributed by atoms with Crippen molar-refractivity contribution in [3.05, 3.63) is 52.9 Å². The van der Waals surface area contributed by atoms with Gasteiger partial charge in [-0.15, -0.1) is 0 Å². The second-order valence-electron chi connectivity index (χ2n) is 4.60. The first-order valence-corrected chi connectivity index (χ1v) is 6.61. The molecule has 0 unspecified atom stereocenters. The Morgan fingerprint density at radius 3 is 3.05 bits per heavy atom. The first kappa shape index (κ1) is 14.9. The standard InChI is InChI=1S/C14H17N5O2/c1-3-15-8-11(2)9-18-10-16-14(17-18)12-5-4-6-13(7-12)19(20)21/h4-7,10,15H,2-3,8-9H2,1H3. The lowest BCUT2D eigenvalue weighted by Gasteiger charge is -2.05. The predicted molar refractivity (Wildman–Crippen MR) is 79.8 cm³/mol. The van der Waals surface area contributed by atoms with E-state index in [1.807, 2.05) is 6.92 Å². The Kier molecular flexibility index (Phi) is 4.78. The van der Waals surface area contributed by atoms with Crippen molar-refractivity contribution >= 4 is 5.69 Å². The number of likely N-dealkylation sites (N-methyl/N-ethyl adjacent to an activating group) is 1. The van der Waals surface area contributed by atoms with Crippen LogP contribution in [0.1, 0.15) is 6.92 Å². The number of nitro groups is 1. The summed E-state index contributed by atoms with van der Waals surface area (Å²) < 4.78 is 1.67. The quantitative estimate of drug-likeness (QED) is 0.478. The van der Waals surface area contributed by atoms with Gasteiger partial charge in [0.05, 0.1) is 11.5 Å². The highest BCUT2D eigenvalue weighted by atomic mass is 16.6. The van der Waals surface area contributed by atoms with Crippen molar-refractivity contribution in [3.8, 4) is 11.4 Å². The van der Waals surface area contributed by atoms with Gasteiger partial charge in [0.25, 0.3) is 5.69 Å². The van der Waals surface area contributed by atoms with E-state index in [4.69, 9.17) is 0 Å². The van der Waals surface area contributed by atoms with Gasteiger partial charge < -0.3 is 5.32 Å². The molecule has 110 valence electrons. The van der Waals surface area contributed by atoms with E-state index in [1.165, 1.54) is 12.1 Å². The van der Waals surface area contributed by atoms with E-state index in [1.54, 1.807) is 23.1 Å². The van der Waals surface area contributed by atoms with Crippen LogP contribution in [0.25, 0.3) is 11.4 Å². The van der Waals surface area contributed by atoms with Gasteiger partial charge in [-0.25, -0.2) is 9.67 Å². The number of hydrogen-bond donors (Lipinski definition) is 1. The van der Waals surface area contributed by atoms with Gasteiger partial charge in [0, 0.05) is 24.2 Å². The molecule has 1 aromatic heterocycles. The normalized spacial score (nSPS) is 10.5. The van der Waals surface area contributed by atoms with Crippen LogP contribution < -0.4 is 5.32 Å². The summed E-state index contributed by atoms with van der Waals surface area (Å²) in [7, 11) is 0. The lowest BCUT2D eigenvalue weighted by molar-refractivity contribution is -0.384. The van der Waals surface area contributed by atoms with Crippen molar-refractivity contribution < 1.29 is 4.92 Å². The van der Waals surface area contributed by atoms with Crippen molar-refractivity contribution in [1.82, 2.24) is 20.1 Å². The zero-order valence-electron chi connectivity index (χ0n) is 11.8. The fourth-order valence-electron chi connectivity index (χ4n) is 1.85. The highest BCUT2D eigenvalue weighted by Gasteiger charge is 2.10. The van der Waals surface area contributed by atoms with Crippen molar-refractivity contribution in [3.63, 3.8) is 0 Å². The van der Waals surface area contributed by atoms with Crippen molar-refractivity contribution in [2.75, 3.05) is 13.1 Å². The molecule has 0 amide bonds. The average molecular weight is 287 g/mol. The predicted octanol–water partition coefficient (Wildman–Crippen LogP) is 2.02. The molecule has 0 bridgehead atoms. The van der Waals surface area contributed by atoms with Crippen LogP contribution in [0.15, 0.2) is 42.7 Å². The Bertz CT molecular complexity index is 650. The van der Waals surface area contributed by atoms with Crippen LogP contribution in [-0.2, 0) is 6.54 Å². The van der Waals surface area contributed by atoms with Gasteiger partial charge >= 0.3 is 0 Å². The van der Waals surface area contributed by atoms with E-state index in [9.17, 15) is 10.1 Å². The number of aromatic nitrogens is 3. The minimum absolute atomic E-state index is 0.0282. The zero-order chi connectivity index (χ0) is 15.2. The average Bonchev–Trinajstić information content (AvgIpc) is 2.93. The molecule has 0 aliphatic rings. The van der Waals surface area contributed by atoms with Crippen molar-refractivity contribution in [1.29, 1.82) is 0 Å². The summed E-state index contributed by atoms with van der Waals surface area (Å²) in [4.78, 5) is 14.5. The number of nitro benzene ring substituents is 1. The molecular formula is C14H17N5O2.